The minimum absolute atomic E-state index is 0.608. The zero-order chi connectivity index (χ0) is 12.1. The van der Waals surface area contributed by atoms with Crippen LogP contribution in [0.5, 0.6) is 0 Å². The highest BCUT2D eigenvalue weighted by Crippen LogP contribution is 2.34. The van der Waals surface area contributed by atoms with Crippen molar-refractivity contribution in [3.8, 4) is 0 Å². The maximum Gasteiger partial charge on any atom is 0.203 e. The fraction of sp³-hybridized carbons (Fsp3) is 0.769. The molecule has 2 atom stereocenters. The SMILES string of the molecule is COCCNc1nccn1C1CCCCC1C. The average molecular weight is 237 g/mol. The van der Waals surface area contributed by atoms with E-state index in [-0.39, 0.29) is 0 Å². The number of hydrogen-bond donors (Lipinski definition) is 1. The summed E-state index contributed by atoms with van der Waals surface area (Å²) in [5.74, 6) is 1.74. The molecule has 2 rings (SSSR count). The van der Waals surface area contributed by atoms with Gasteiger partial charge in [0.15, 0.2) is 0 Å². The number of nitrogens with zero attached hydrogens (tertiary/aromatic N) is 2. The quantitative estimate of drug-likeness (QED) is 0.800. The smallest absolute Gasteiger partial charge is 0.203 e. The van der Waals surface area contributed by atoms with Gasteiger partial charge in [0.25, 0.3) is 0 Å². The van der Waals surface area contributed by atoms with Crippen molar-refractivity contribution >= 4 is 5.95 Å². The number of nitrogens with one attached hydrogen (secondary N) is 1. The summed E-state index contributed by atoms with van der Waals surface area (Å²) >= 11 is 0. The maximum atomic E-state index is 5.05. The first kappa shape index (κ1) is 12.4. The standard InChI is InChI=1S/C13H23N3O/c1-11-5-3-4-6-12(11)16-9-7-14-13(16)15-8-10-17-2/h7,9,11-12H,3-6,8,10H2,1-2H3,(H,14,15). The second-order valence-corrected chi connectivity index (χ2v) is 4.91. The molecule has 1 saturated carbocycles. The number of ether oxygens (including phenoxy) is 1. The Morgan fingerprint density at radius 3 is 3.06 bits per heavy atom. The van der Waals surface area contributed by atoms with Gasteiger partial charge in [-0.2, -0.15) is 0 Å². The van der Waals surface area contributed by atoms with E-state index >= 15 is 0 Å². The third-order valence-electron chi connectivity index (χ3n) is 3.68. The molecule has 1 aliphatic rings. The van der Waals surface area contributed by atoms with Gasteiger partial charge in [0.05, 0.1) is 6.61 Å². The fourth-order valence-corrected chi connectivity index (χ4v) is 2.69. The first-order valence-corrected chi connectivity index (χ1v) is 6.58. The molecule has 0 aromatic carbocycles. The topological polar surface area (TPSA) is 39.1 Å². The summed E-state index contributed by atoms with van der Waals surface area (Å²) in [5, 5.41) is 3.34. The van der Waals surface area contributed by atoms with Gasteiger partial charge in [0.2, 0.25) is 5.95 Å². The zero-order valence-electron chi connectivity index (χ0n) is 10.9. The molecule has 1 aliphatic carbocycles. The van der Waals surface area contributed by atoms with Crippen molar-refractivity contribution < 1.29 is 4.74 Å². The van der Waals surface area contributed by atoms with E-state index in [1.54, 1.807) is 7.11 Å². The van der Waals surface area contributed by atoms with Gasteiger partial charge in [-0.15, -0.1) is 0 Å². The normalized spacial score (nSPS) is 24.8. The Hall–Kier alpha value is -1.03. The number of hydrogen-bond acceptors (Lipinski definition) is 3. The van der Waals surface area contributed by atoms with Crippen molar-refractivity contribution in [1.29, 1.82) is 0 Å². The molecule has 0 spiro atoms. The van der Waals surface area contributed by atoms with Crippen LogP contribution in [0.15, 0.2) is 12.4 Å². The largest absolute Gasteiger partial charge is 0.383 e. The van der Waals surface area contributed by atoms with Crippen molar-refractivity contribution in [3.63, 3.8) is 0 Å². The first-order chi connectivity index (χ1) is 8.33. The molecule has 17 heavy (non-hydrogen) atoms. The van der Waals surface area contributed by atoms with Gasteiger partial charge in [-0.05, 0) is 18.8 Å². The Morgan fingerprint density at radius 2 is 2.29 bits per heavy atom. The van der Waals surface area contributed by atoms with E-state index in [9.17, 15) is 0 Å². The summed E-state index contributed by atoms with van der Waals surface area (Å²) in [6.45, 7) is 3.88. The van der Waals surface area contributed by atoms with Gasteiger partial charge < -0.3 is 14.6 Å². The number of imidazole rings is 1. The van der Waals surface area contributed by atoms with Gasteiger partial charge in [0.1, 0.15) is 0 Å². The molecule has 0 amide bonds. The van der Waals surface area contributed by atoms with Crippen LogP contribution in [0.4, 0.5) is 5.95 Å². The Kier molecular flexibility index (Phi) is 4.42. The van der Waals surface area contributed by atoms with Crippen LogP contribution >= 0.6 is 0 Å². The summed E-state index contributed by atoms with van der Waals surface area (Å²) in [6.07, 6.45) is 9.30. The van der Waals surface area contributed by atoms with Crippen molar-refractivity contribution in [2.75, 3.05) is 25.6 Å². The van der Waals surface area contributed by atoms with Crippen LogP contribution in [0.1, 0.15) is 38.6 Å². The van der Waals surface area contributed by atoms with Crippen LogP contribution in [0.3, 0.4) is 0 Å². The third-order valence-corrected chi connectivity index (χ3v) is 3.68. The van der Waals surface area contributed by atoms with E-state index in [2.05, 4.69) is 28.0 Å². The van der Waals surface area contributed by atoms with E-state index in [0.717, 1.165) is 18.4 Å². The molecular weight excluding hydrogens is 214 g/mol. The third kappa shape index (κ3) is 3.00. The van der Waals surface area contributed by atoms with Gasteiger partial charge in [-0.3, -0.25) is 0 Å². The van der Waals surface area contributed by atoms with Gasteiger partial charge in [-0.25, -0.2) is 4.98 Å². The Labute approximate surface area is 103 Å². The predicted molar refractivity (Wildman–Crippen MR) is 69.3 cm³/mol. The van der Waals surface area contributed by atoms with E-state index in [1.165, 1.54) is 25.7 Å². The van der Waals surface area contributed by atoms with Crippen LogP contribution in [0, 0.1) is 5.92 Å². The fourth-order valence-electron chi connectivity index (χ4n) is 2.69. The highest BCUT2D eigenvalue weighted by molar-refractivity contribution is 5.26. The number of aromatic nitrogens is 2. The maximum absolute atomic E-state index is 5.05. The molecule has 1 N–H and O–H groups in total. The second kappa shape index (κ2) is 6.05. The molecule has 0 aliphatic heterocycles. The number of methoxy groups -OCH3 is 1. The number of anilines is 1. The van der Waals surface area contributed by atoms with E-state index in [1.807, 2.05) is 6.20 Å². The lowest BCUT2D eigenvalue weighted by atomic mass is 9.86. The molecule has 2 unspecified atom stereocenters. The molecule has 1 aromatic rings. The molecular formula is C13H23N3O. The van der Waals surface area contributed by atoms with E-state index in [4.69, 9.17) is 4.74 Å². The van der Waals surface area contributed by atoms with Crippen LogP contribution in [0.2, 0.25) is 0 Å². The summed E-state index contributed by atoms with van der Waals surface area (Å²) in [5.41, 5.74) is 0. The highest BCUT2D eigenvalue weighted by Gasteiger charge is 2.24. The summed E-state index contributed by atoms with van der Waals surface area (Å²) < 4.78 is 7.35. The van der Waals surface area contributed by atoms with Crippen LogP contribution in [-0.2, 0) is 4.74 Å². The molecule has 1 aromatic heterocycles. The van der Waals surface area contributed by atoms with Gasteiger partial charge >= 0.3 is 0 Å². The van der Waals surface area contributed by atoms with Crippen LogP contribution < -0.4 is 5.32 Å². The molecule has 0 saturated heterocycles. The lowest BCUT2D eigenvalue weighted by molar-refractivity contribution is 0.210. The Bertz CT molecular complexity index is 337. The van der Waals surface area contributed by atoms with E-state index in [0.29, 0.717) is 12.6 Å². The molecule has 0 bridgehead atoms. The number of rotatable bonds is 5. The van der Waals surface area contributed by atoms with E-state index < -0.39 is 0 Å². The highest BCUT2D eigenvalue weighted by atomic mass is 16.5. The Balaban J connectivity index is 2.01. The lowest BCUT2D eigenvalue weighted by Crippen LogP contribution is -2.23. The van der Waals surface area contributed by atoms with Crippen molar-refractivity contribution in [2.24, 2.45) is 5.92 Å². The minimum atomic E-state index is 0.608. The average Bonchev–Trinajstić information content (AvgIpc) is 2.78. The minimum Gasteiger partial charge on any atom is -0.383 e. The van der Waals surface area contributed by atoms with Crippen molar-refractivity contribution in [2.45, 2.75) is 38.6 Å². The second-order valence-electron chi connectivity index (χ2n) is 4.91. The van der Waals surface area contributed by atoms with Gasteiger partial charge in [-0.1, -0.05) is 19.8 Å². The van der Waals surface area contributed by atoms with Crippen molar-refractivity contribution in [3.05, 3.63) is 12.4 Å². The summed E-state index contributed by atoms with van der Waals surface area (Å²) in [4.78, 5) is 4.39. The lowest BCUT2D eigenvalue weighted by Gasteiger charge is -2.31. The molecule has 4 heteroatoms. The molecule has 0 radical (unpaired) electrons. The van der Waals surface area contributed by atoms with Gasteiger partial charge in [0, 0.05) is 32.1 Å². The first-order valence-electron chi connectivity index (χ1n) is 6.58. The van der Waals surface area contributed by atoms with Crippen molar-refractivity contribution in [1.82, 2.24) is 9.55 Å². The van der Waals surface area contributed by atoms with Crippen LogP contribution in [0.25, 0.3) is 0 Å². The monoisotopic (exact) mass is 237 g/mol. The molecule has 1 heterocycles. The van der Waals surface area contributed by atoms with Crippen LogP contribution in [-0.4, -0.2) is 29.8 Å². The summed E-state index contributed by atoms with van der Waals surface area (Å²) in [6, 6.07) is 0.608. The predicted octanol–water partition coefficient (Wildman–Crippen LogP) is 2.69. The molecule has 1 fully saturated rings. The zero-order valence-corrected chi connectivity index (χ0v) is 10.9. The summed E-state index contributed by atoms with van der Waals surface area (Å²) in [7, 11) is 1.72. The molecule has 4 nitrogen and oxygen atoms in total. The molecule has 96 valence electrons. The Morgan fingerprint density at radius 1 is 1.47 bits per heavy atom.